The minimum absolute atomic E-state index is 0.0464. The third kappa shape index (κ3) is 2.58. The Morgan fingerprint density at radius 2 is 2.30 bits per heavy atom. The van der Waals surface area contributed by atoms with Crippen LogP contribution in [0.4, 0.5) is 0 Å². The van der Waals surface area contributed by atoms with Crippen LogP contribution in [0.25, 0.3) is 0 Å². The summed E-state index contributed by atoms with van der Waals surface area (Å²) in [6.45, 7) is 0.801. The molecule has 0 bridgehead atoms. The van der Waals surface area contributed by atoms with Crippen LogP contribution in [0.1, 0.15) is 11.1 Å². The predicted octanol–water partition coefficient (Wildman–Crippen LogP) is 1.59. The first-order chi connectivity index (χ1) is 9.56. The maximum absolute atomic E-state index is 12.0. The van der Waals surface area contributed by atoms with E-state index in [2.05, 4.69) is 30.6 Å². The Bertz CT molecular complexity index is 729. The Morgan fingerprint density at radius 1 is 1.45 bits per heavy atom. The van der Waals surface area contributed by atoms with Crippen LogP contribution in [-0.2, 0) is 23.0 Å². The van der Waals surface area contributed by atoms with Crippen molar-refractivity contribution in [1.29, 1.82) is 0 Å². The molecule has 0 fully saturated rings. The molecule has 3 rings (SSSR count). The number of hydrogen-bond acceptors (Lipinski definition) is 4. The zero-order chi connectivity index (χ0) is 14.2. The molecule has 1 aromatic heterocycles. The predicted molar refractivity (Wildman–Crippen MR) is 76.0 cm³/mol. The molecule has 0 atom stereocenters. The smallest absolute Gasteiger partial charge is 0.257 e. The quantitative estimate of drug-likeness (QED) is 0.869. The molecule has 1 aliphatic heterocycles. The van der Waals surface area contributed by atoms with Gasteiger partial charge in [0.2, 0.25) is 0 Å². The highest BCUT2D eigenvalue weighted by Gasteiger charge is 2.20. The normalized spacial score (nSPS) is 14.1. The summed E-state index contributed by atoms with van der Waals surface area (Å²) in [4.78, 5) is 6.28. The lowest BCUT2D eigenvalue weighted by molar-refractivity contribution is 0.353. The first kappa shape index (κ1) is 13.6. The summed E-state index contributed by atoms with van der Waals surface area (Å²) < 4.78 is 33.0. The summed E-state index contributed by atoms with van der Waals surface area (Å²) in [6, 6.07) is 3.86. The molecular weight excluding hydrogens is 346 g/mol. The van der Waals surface area contributed by atoms with Gasteiger partial charge in [0, 0.05) is 23.0 Å². The highest BCUT2D eigenvalue weighted by Crippen LogP contribution is 2.33. The first-order valence-corrected chi connectivity index (χ1v) is 8.26. The van der Waals surface area contributed by atoms with Gasteiger partial charge >= 0.3 is 0 Å². The average Bonchev–Trinajstić information content (AvgIpc) is 3.06. The molecule has 2 aromatic rings. The van der Waals surface area contributed by atoms with Crippen molar-refractivity contribution in [2.45, 2.75) is 18.0 Å². The zero-order valence-electron chi connectivity index (χ0n) is 10.4. The monoisotopic (exact) mass is 357 g/mol. The van der Waals surface area contributed by atoms with Gasteiger partial charge in [-0.1, -0.05) is 15.9 Å². The van der Waals surface area contributed by atoms with E-state index in [-0.39, 0.29) is 11.6 Å². The van der Waals surface area contributed by atoms with Crippen molar-refractivity contribution in [3.8, 4) is 5.75 Å². The van der Waals surface area contributed by atoms with Crippen LogP contribution in [0.15, 0.2) is 34.2 Å². The summed E-state index contributed by atoms with van der Waals surface area (Å²) in [5.41, 5.74) is 1.91. The van der Waals surface area contributed by atoms with Crippen molar-refractivity contribution in [3.63, 3.8) is 0 Å². The van der Waals surface area contributed by atoms with E-state index in [0.717, 1.165) is 27.8 Å². The van der Waals surface area contributed by atoms with E-state index in [1.807, 2.05) is 12.1 Å². The molecule has 0 saturated carbocycles. The summed E-state index contributed by atoms with van der Waals surface area (Å²) >= 11 is 3.43. The van der Waals surface area contributed by atoms with Gasteiger partial charge in [-0.05, 0) is 17.7 Å². The Labute approximate surface area is 124 Å². The SMILES string of the molecule is O=S(=O)(NCc1cc(Br)cc2c1OCC2)c1cnc[nH]1. The number of aromatic amines is 1. The van der Waals surface area contributed by atoms with Gasteiger partial charge in [-0.25, -0.2) is 18.1 Å². The van der Waals surface area contributed by atoms with E-state index in [1.165, 1.54) is 12.5 Å². The molecule has 0 spiro atoms. The highest BCUT2D eigenvalue weighted by atomic mass is 79.9. The molecule has 2 N–H and O–H groups in total. The third-order valence-electron chi connectivity index (χ3n) is 3.04. The molecule has 6 nitrogen and oxygen atoms in total. The molecule has 8 heteroatoms. The van der Waals surface area contributed by atoms with Crippen molar-refractivity contribution < 1.29 is 13.2 Å². The zero-order valence-corrected chi connectivity index (χ0v) is 12.8. The maximum Gasteiger partial charge on any atom is 0.257 e. The molecule has 2 heterocycles. The molecular formula is C12H12BrN3O3S. The number of nitrogens with one attached hydrogen (secondary N) is 2. The molecule has 0 amide bonds. The first-order valence-electron chi connectivity index (χ1n) is 5.98. The number of halogens is 1. The van der Waals surface area contributed by atoms with Gasteiger partial charge in [0.25, 0.3) is 10.0 Å². The summed E-state index contributed by atoms with van der Waals surface area (Å²) in [7, 11) is -3.58. The van der Waals surface area contributed by atoms with Crippen LogP contribution in [0.3, 0.4) is 0 Å². The van der Waals surface area contributed by atoms with E-state index in [0.29, 0.717) is 6.61 Å². The minimum atomic E-state index is -3.58. The van der Waals surface area contributed by atoms with Crippen molar-refractivity contribution in [1.82, 2.24) is 14.7 Å². The van der Waals surface area contributed by atoms with Crippen LogP contribution in [0.2, 0.25) is 0 Å². The van der Waals surface area contributed by atoms with Crippen LogP contribution < -0.4 is 9.46 Å². The second-order valence-corrected chi connectivity index (χ2v) is 7.04. The van der Waals surface area contributed by atoms with Gasteiger partial charge in [0.15, 0.2) is 5.03 Å². The van der Waals surface area contributed by atoms with Gasteiger partial charge in [-0.3, -0.25) is 0 Å². The van der Waals surface area contributed by atoms with E-state index >= 15 is 0 Å². The number of rotatable bonds is 4. The fraction of sp³-hybridized carbons (Fsp3) is 0.250. The van der Waals surface area contributed by atoms with E-state index in [4.69, 9.17) is 4.74 Å². The summed E-state index contributed by atoms with van der Waals surface area (Å²) in [6.07, 6.45) is 3.44. The second-order valence-electron chi connectivity index (χ2n) is 4.39. The Morgan fingerprint density at radius 3 is 3.05 bits per heavy atom. The van der Waals surface area contributed by atoms with Crippen LogP contribution in [-0.4, -0.2) is 25.0 Å². The minimum Gasteiger partial charge on any atom is -0.493 e. The van der Waals surface area contributed by atoms with Gasteiger partial charge < -0.3 is 9.72 Å². The molecule has 1 aliphatic rings. The lowest BCUT2D eigenvalue weighted by atomic mass is 10.1. The fourth-order valence-electron chi connectivity index (χ4n) is 2.12. The van der Waals surface area contributed by atoms with Crippen LogP contribution >= 0.6 is 15.9 Å². The lowest BCUT2D eigenvalue weighted by Crippen LogP contribution is -2.23. The van der Waals surface area contributed by atoms with Crippen molar-refractivity contribution in [2.75, 3.05) is 6.61 Å². The van der Waals surface area contributed by atoms with E-state index < -0.39 is 10.0 Å². The molecule has 0 unspecified atom stereocenters. The van der Waals surface area contributed by atoms with Crippen LogP contribution in [0.5, 0.6) is 5.75 Å². The number of nitrogens with zero attached hydrogens (tertiary/aromatic N) is 1. The molecule has 20 heavy (non-hydrogen) atoms. The average molecular weight is 358 g/mol. The number of benzene rings is 1. The number of H-pyrrole nitrogens is 1. The highest BCUT2D eigenvalue weighted by molar-refractivity contribution is 9.10. The Hall–Kier alpha value is -1.38. The second kappa shape index (κ2) is 5.19. The van der Waals surface area contributed by atoms with Gasteiger partial charge in [-0.15, -0.1) is 0 Å². The molecule has 0 saturated heterocycles. The molecule has 1 aromatic carbocycles. The van der Waals surface area contributed by atoms with Crippen LogP contribution in [0, 0.1) is 0 Å². The number of fused-ring (bicyclic) bond motifs is 1. The van der Waals surface area contributed by atoms with Crippen molar-refractivity contribution >= 4 is 26.0 Å². The lowest BCUT2D eigenvalue weighted by Gasteiger charge is -2.10. The Balaban J connectivity index is 1.83. The van der Waals surface area contributed by atoms with Gasteiger partial charge in [-0.2, -0.15) is 0 Å². The van der Waals surface area contributed by atoms with Gasteiger partial charge in [0.05, 0.1) is 19.1 Å². The van der Waals surface area contributed by atoms with E-state index in [1.54, 1.807) is 0 Å². The molecule has 106 valence electrons. The number of ether oxygens (including phenoxy) is 1. The standard InChI is InChI=1S/C12H12BrN3O3S/c13-10-3-8-1-2-19-12(8)9(4-10)5-16-20(17,18)11-6-14-7-15-11/h3-4,6-7,16H,1-2,5H2,(H,14,15). The number of imidazole rings is 1. The van der Waals surface area contributed by atoms with E-state index in [9.17, 15) is 8.42 Å². The fourth-order valence-corrected chi connectivity index (χ4v) is 3.58. The number of hydrogen-bond donors (Lipinski definition) is 2. The maximum atomic E-state index is 12.0. The molecule has 0 aliphatic carbocycles. The number of sulfonamides is 1. The number of aromatic nitrogens is 2. The largest absolute Gasteiger partial charge is 0.493 e. The van der Waals surface area contributed by atoms with Gasteiger partial charge in [0.1, 0.15) is 5.75 Å². The van der Waals surface area contributed by atoms with Crippen molar-refractivity contribution in [2.24, 2.45) is 0 Å². The Kier molecular flexibility index (Phi) is 3.53. The summed E-state index contributed by atoms with van der Waals surface area (Å²) in [5.74, 6) is 0.778. The summed E-state index contributed by atoms with van der Waals surface area (Å²) in [5, 5.41) is 0.0464. The third-order valence-corrected chi connectivity index (χ3v) is 4.83. The van der Waals surface area contributed by atoms with Crippen molar-refractivity contribution in [3.05, 3.63) is 40.3 Å². The molecule has 0 radical (unpaired) electrons. The topological polar surface area (TPSA) is 84.1 Å².